The molecular weight excluding hydrogens is 305 g/mol. The van der Waals surface area contributed by atoms with E-state index in [9.17, 15) is 39.5 Å². The maximum Gasteiger partial charge on any atom is 0.418 e. The number of nitriles is 1. The van der Waals surface area contributed by atoms with Gasteiger partial charge in [-0.1, -0.05) is 0 Å². The molecule has 0 amide bonds. The summed E-state index contributed by atoms with van der Waals surface area (Å²) in [4.78, 5) is 0. The van der Waals surface area contributed by atoms with Crippen LogP contribution in [0.15, 0.2) is 12.1 Å². The lowest BCUT2D eigenvalue weighted by molar-refractivity contribution is -0.163. The maximum atomic E-state index is 12.5. The summed E-state index contributed by atoms with van der Waals surface area (Å²) in [6.07, 6.45) is -16.6. The van der Waals surface area contributed by atoms with E-state index in [0.717, 1.165) is 0 Å². The first-order valence-corrected chi connectivity index (χ1v) is 4.58. The molecular formula is C10H2F9N. The van der Waals surface area contributed by atoms with Crippen LogP contribution >= 0.6 is 0 Å². The second-order valence-electron chi connectivity index (χ2n) is 3.55. The largest absolute Gasteiger partial charge is 0.418 e. The number of alkyl halides is 9. The van der Waals surface area contributed by atoms with Crippen LogP contribution in [0.3, 0.4) is 0 Å². The van der Waals surface area contributed by atoms with Gasteiger partial charge in [-0.3, -0.25) is 0 Å². The number of benzene rings is 1. The Kier molecular flexibility index (Phi) is 3.69. The summed E-state index contributed by atoms with van der Waals surface area (Å²) in [5.41, 5.74) is -8.69. The minimum atomic E-state index is -5.68. The lowest BCUT2D eigenvalue weighted by Gasteiger charge is -2.19. The van der Waals surface area contributed by atoms with Crippen molar-refractivity contribution in [2.75, 3.05) is 0 Å². The van der Waals surface area contributed by atoms with E-state index in [1.54, 1.807) is 0 Å². The fourth-order valence-corrected chi connectivity index (χ4v) is 1.42. The molecule has 0 aliphatic carbocycles. The molecule has 0 aromatic heterocycles. The van der Waals surface area contributed by atoms with Crippen molar-refractivity contribution < 1.29 is 39.5 Å². The minimum absolute atomic E-state index is 0.266. The predicted molar refractivity (Wildman–Crippen MR) is 46.2 cm³/mol. The average Bonchev–Trinajstić information content (AvgIpc) is 2.23. The highest BCUT2D eigenvalue weighted by Gasteiger charge is 2.47. The summed E-state index contributed by atoms with van der Waals surface area (Å²) in [6, 6.07) is -0.222. The lowest BCUT2D eigenvalue weighted by Crippen LogP contribution is -2.20. The minimum Gasteiger partial charge on any atom is -0.192 e. The van der Waals surface area contributed by atoms with Gasteiger partial charge in [0.15, 0.2) is 0 Å². The zero-order valence-corrected chi connectivity index (χ0v) is 9.00. The van der Waals surface area contributed by atoms with Gasteiger partial charge in [-0.2, -0.15) is 44.8 Å². The molecule has 10 heteroatoms. The average molecular weight is 307 g/mol. The van der Waals surface area contributed by atoms with Crippen LogP contribution in [0.4, 0.5) is 39.5 Å². The molecule has 20 heavy (non-hydrogen) atoms. The summed E-state index contributed by atoms with van der Waals surface area (Å²) in [6.45, 7) is 0. The van der Waals surface area contributed by atoms with Crippen LogP contribution in [-0.2, 0) is 18.5 Å². The molecule has 0 unspecified atom stereocenters. The Morgan fingerprint density at radius 3 is 1.55 bits per heavy atom. The van der Waals surface area contributed by atoms with Gasteiger partial charge in [-0.25, -0.2) is 0 Å². The van der Waals surface area contributed by atoms with E-state index in [0.29, 0.717) is 6.07 Å². The monoisotopic (exact) mass is 307 g/mol. The number of halogens is 9. The van der Waals surface area contributed by atoms with Gasteiger partial charge >= 0.3 is 18.5 Å². The number of hydrogen-bond acceptors (Lipinski definition) is 1. The van der Waals surface area contributed by atoms with Crippen molar-refractivity contribution in [3.8, 4) is 6.07 Å². The summed E-state index contributed by atoms with van der Waals surface area (Å²) < 4.78 is 112. The molecule has 1 rings (SSSR count). The van der Waals surface area contributed by atoms with Gasteiger partial charge in [0, 0.05) is 0 Å². The first kappa shape index (κ1) is 16.1. The summed E-state index contributed by atoms with van der Waals surface area (Å²) in [7, 11) is 0. The van der Waals surface area contributed by atoms with E-state index in [-0.39, 0.29) is 6.07 Å². The van der Waals surface area contributed by atoms with E-state index < -0.39 is 46.8 Å². The fraction of sp³-hybridized carbons (Fsp3) is 0.300. The first-order valence-electron chi connectivity index (χ1n) is 4.58. The molecule has 0 aliphatic rings. The first-order chi connectivity index (χ1) is 8.78. The van der Waals surface area contributed by atoms with Crippen LogP contribution in [0.25, 0.3) is 0 Å². The van der Waals surface area contributed by atoms with Gasteiger partial charge in [0.25, 0.3) is 0 Å². The topological polar surface area (TPSA) is 23.8 Å². The van der Waals surface area contributed by atoms with Gasteiger partial charge in [0.2, 0.25) is 0 Å². The molecule has 1 aromatic carbocycles. The normalized spacial score (nSPS) is 13.2. The number of rotatable bonds is 0. The second-order valence-corrected chi connectivity index (χ2v) is 3.55. The van der Waals surface area contributed by atoms with Gasteiger partial charge < -0.3 is 0 Å². The number of nitrogens with zero attached hydrogens (tertiary/aromatic N) is 1. The zero-order valence-electron chi connectivity index (χ0n) is 9.00. The highest BCUT2D eigenvalue weighted by atomic mass is 19.4. The van der Waals surface area contributed by atoms with Crippen LogP contribution in [-0.4, -0.2) is 0 Å². The lowest BCUT2D eigenvalue weighted by atomic mass is 9.97. The van der Waals surface area contributed by atoms with Gasteiger partial charge in [0.1, 0.15) is 0 Å². The third-order valence-corrected chi connectivity index (χ3v) is 2.18. The Balaban J connectivity index is 3.82. The van der Waals surface area contributed by atoms with Crippen LogP contribution < -0.4 is 0 Å². The van der Waals surface area contributed by atoms with Crippen molar-refractivity contribution in [2.24, 2.45) is 0 Å². The molecule has 0 atom stereocenters. The zero-order chi connectivity index (χ0) is 15.9. The van der Waals surface area contributed by atoms with E-state index in [4.69, 9.17) is 5.26 Å². The van der Waals surface area contributed by atoms with Gasteiger partial charge in [-0.15, -0.1) is 0 Å². The highest BCUT2D eigenvalue weighted by molar-refractivity contribution is 5.49. The van der Waals surface area contributed by atoms with Crippen molar-refractivity contribution in [1.82, 2.24) is 0 Å². The van der Waals surface area contributed by atoms with Crippen LogP contribution in [0, 0.1) is 11.3 Å². The molecule has 1 aromatic rings. The van der Waals surface area contributed by atoms with Gasteiger partial charge in [0.05, 0.1) is 28.3 Å². The van der Waals surface area contributed by atoms with Crippen molar-refractivity contribution in [2.45, 2.75) is 18.5 Å². The van der Waals surface area contributed by atoms with E-state index in [1.165, 1.54) is 0 Å². The molecule has 0 radical (unpaired) electrons. The molecule has 0 bridgehead atoms. The summed E-state index contributed by atoms with van der Waals surface area (Å²) >= 11 is 0. The third-order valence-electron chi connectivity index (χ3n) is 2.18. The van der Waals surface area contributed by atoms with Gasteiger partial charge in [-0.05, 0) is 12.1 Å². The Morgan fingerprint density at radius 2 is 1.25 bits per heavy atom. The summed E-state index contributed by atoms with van der Waals surface area (Å²) in [5, 5.41) is 8.38. The SMILES string of the molecule is N#Cc1cc(C(F)(F)F)cc(C(F)(F)F)c1C(F)(F)F. The molecule has 1 nitrogen and oxygen atoms in total. The van der Waals surface area contributed by atoms with Crippen LogP contribution in [0.5, 0.6) is 0 Å². The quantitative estimate of drug-likeness (QED) is 0.642. The highest BCUT2D eigenvalue weighted by Crippen LogP contribution is 2.44. The molecule has 0 aliphatic heterocycles. The van der Waals surface area contributed by atoms with E-state index in [1.807, 2.05) is 0 Å². The smallest absolute Gasteiger partial charge is 0.192 e. The summed E-state index contributed by atoms with van der Waals surface area (Å²) in [5.74, 6) is 0. The fourth-order valence-electron chi connectivity index (χ4n) is 1.42. The Hall–Kier alpha value is -1.92. The van der Waals surface area contributed by atoms with Crippen molar-refractivity contribution in [3.63, 3.8) is 0 Å². The molecule has 0 heterocycles. The third kappa shape index (κ3) is 3.15. The Morgan fingerprint density at radius 1 is 0.750 bits per heavy atom. The van der Waals surface area contributed by atoms with Crippen molar-refractivity contribution in [1.29, 1.82) is 5.26 Å². The molecule has 0 saturated heterocycles. The van der Waals surface area contributed by atoms with Crippen LogP contribution in [0.1, 0.15) is 22.3 Å². The maximum absolute atomic E-state index is 12.5. The van der Waals surface area contributed by atoms with Crippen molar-refractivity contribution in [3.05, 3.63) is 34.4 Å². The molecule has 110 valence electrons. The second kappa shape index (κ2) is 4.57. The molecule has 0 spiro atoms. The Labute approximate surface area is 105 Å². The Bertz CT molecular complexity index is 556. The van der Waals surface area contributed by atoms with Crippen LogP contribution in [0.2, 0.25) is 0 Å². The van der Waals surface area contributed by atoms with E-state index in [2.05, 4.69) is 0 Å². The molecule has 0 saturated carbocycles. The molecule has 0 fully saturated rings. The van der Waals surface area contributed by atoms with Crippen molar-refractivity contribution >= 4 is 0 Å². The standard InChI is InChI=1S/C10H2F9N/c11-8(12,13)5-1-4(3-20)7(10(17,18)19)6(2-5)9(14,15)16/h1-2H. The molecule has 0 N–H and O–H groups in total. The van der Waals surface area contributed by atoms with E-state index >= 15 is 0 Å². The number of hydrogen-bond donors (Lipinski definition) is 0. The predicted octanol–water partition coefficient (Wildman–Crippen LogP) is 4.61.